The second kappa shape index (κ2) is 4.63. The van der Waals surface area contributed by atoms with Crippen LogP contribution in [0.25, 0.3) is 0 Å². The quantitative estimate of drug-likeness (QED) is 0.734. The summed E-state index contributed by atoms with van der Waals surface area (Å²) in [6.45, 7) is 12.5. The number of Topliss-reactive ketones (excluding diaryl/α,β-unsaturated/α-hetero) is 1. The van der Waals surface area contributed by atoms with E-state index in [1.165, 1.54) is 0 Å². The molecule has 0 bridgehead atoms. The molecule has 2 aliphatic carbocycles. The highest BCUT2D eigenvalue weighted by atomic mass is 28.4. The van der Waals surface area contributed by atoms with Gasteiger partial charge in [0.05, 0.1) is 37.4 Å². The van der Waals surface area contributed by atoms with Crippen LogP contribution in [0.15, 0.2) is 0 Å². The Morgan fingerprint density at radius 2 is 1.75 bits per heavy atom. The summed E-state index contributed by atoms with van der Waals surface area (Å²) in [5.74, 6) is 0.558. The van der Waals surface area contributed by atoms with Crippen LogP contribution in [0.3, 0.4) is 0 Å². The third-order valence-electron chi connectivity index (χ3n) is 5.63. The SMILES string of the molecule is CC(C)(C)[Si](C)(C)O[C@H]1CC(=O)C2C3OCCOC3C21. The van der Waals surface area contributed by atoms with Gasteiger partial charge in [0.2, 0.25) is 0 Å². The Bertz CT molecular complexity index is 415. The third-order valence-corrected chi connectivity index (χ3v) is 10.1. The smallest absolute Gasteiger partial charge is 0.192 e. The number of fused-ring (bicyclic) bond motifs is 4. The topological polar surface area (TPSA) is 44.8 Å². The molecule has 3 fully saturated rings. The van der Waals surface area contributed by atoms with Crippen molar-refractivity contribution in [2.24, 2.45) is 11.8 Å². The lowest BCUT2D eigenvalue weighted by atomic mass is 9.69. The van der Waals surface area contributed by atoms with E-state index in [2.05, 4.69) is 33.9 Å². The van der Waals surface area contributed by atoms with E-state index < -0.39 is 8.32 Å². The highest BCUT2D eigenvalue weighted by Crippen LogP contribution is 2.52. The van der Waals surface area contributed by atoms with Crippen molar-refractivity contribution >= 4 is 14.1 Å². The highest BCUT2D eigenvalue weighted by Gasteiger charge is 2.64. The standard InChI is InChI=1S/C15H26O4Si/c1-15(2,3)20(4,5)19-10-8-9(16)11-12(10)14-13(11)17-6-7-18-14/h10-14H,6-8H2,1-5H3/t10-,11?,12?,13?,14?/m0/s1. The molecule has 2 saturated carbocycles. The average molecular weight is 298 g/mol. The van der Waals surface area contributed by atoms with E-state index in [1.54, 1.807) is 0 Å². The predicted molar refractivity (Wildman–Crippen MR) is 78.2 cm³/mol. The summed E-state index contributed by atoms with van der Waals surface area (Å²) in [4.78, 5) is 12.2. The number of ketones is 1. The molecule has 0 aromatic heterocycles. The molecule has 114 valence electrons. The molecule has 5 heteroatoms. The van der Waals surface area contributed by atoms with E-state index >= 15 is 0 Å². The molecule has 20 heavy (non-hydrogen) atoms. The largest absolute Gasteiger partial charge is 0.413 e. The van der Waals surface area contributed by atoms with Crippen molar-refractivity contribution in [3.63, 3.8) is 0 Å². The molecule has 0 aromatic carbocycles. The van der Waals surface area contributed by atoms with Crippen LogP contribution in [-0.4, -0.2) is 45.6 Å². The van der Waals surface area contributed by atoms with Crippen LogP contribution >= 0.6 is 0 Å². The summed E-state index contributed by atoms with van der Waals surface area (Å²) in [5.41, 5.74) is 0. The molecule has 0 N–H and O–H groups in total. The molecular weight excluding hydrogens is 272 g/mol. The molecule has 0 radical (unpaired) electrons. The van der Waals surface area contributed by atoms with Crippen LogP contribution in [0.5, 0.6) is 0 Å². The van der Waals surface area contributed by atoms with Crippen molar-refractivity contribution in [2.75, 3.05) is 13.2 Å². The van der Waals surface area contributed by atoms with Gasteiger partial charge in [-0.25, -0.2) is 0 Å². The Morgan fingerprint density at radius 3 is 2.35 bits per heavy atom. The fraction of sp³-hybridized carbons (Fsp3) is 0.933. The van der Waals surface area contributed by atoms with Crippen molar-refractivity contribution in [3.8, 4) is 0 Å². The van der Waals surface area contributed by atoms with Crippen LogP contribution in [-0.2, 0) is 18.7 Å². The maximum absolute atomic E-state index is 12.2. The minimum absolute atomic E-state index is 0.00531. The first-order valence-electron chi connectivity index (χ1n) is 7.66. The van der Waals surface area contributed by atoms with Gasteiger partial charge in [0.15, 0.2) is 8.32 Å². The van der Waals surface area contributed by atoms with E-state index in [9.17, 15) is 4.79 Å². The van der Waals surface area contributed by atoms with Crippen molar-refractivity contribution in [3.05, 3.63) is 0 Å². The molecule has 0 aromatic rings. The number of rotatable bonds is 2. The van der Waals surface area contributed by atoms with Gasteiger partial charge < -0.3 is 13.9 Å². The lowest BCUT2D eigenvalue weighted by molar-refractivity contribution is -0.248. The first-order chi connectivity index (χ1) is 9.22. The minimum Gasteiger partial charge on any atom is -0.413 e. The molecular formula is C15H26O4Si. The molecule has 5 atom stereocenters. The van der Waals surface area contributed by atoms with Crippen LogP contribution in [0, 0.1) is 11.8 Å². The van der Waals surface area contributed by atoms with Crippen molar-refractivity contribution in [2.45, 2.75) is 63.6 Å². The summed E-state index contributed by atoms with van der Waals surface area (Å²) >= 11 is 0. The Balaban J connectivity index is 1.74. The normalized spacial score (nSPS) is 41.0. The fourth-order valence-electron chi connectivity index (χ4n) is 3.46. The van der Waals surface area contributed by atoms with Gasteiger partial charge in [0.1, 0.15) is 5.78 Å². The Hall–Kier alpha value is -0.233. The first kappa shape index (κ1) is 14.7. The van der Waals surface area contributed by atoms with Gasteiger partial charge in [-0.05, 0) is 18.1 Å². The maximum atomic E-state index is 12.2. The first-order valence-corrected chi connectivity index (χ1v) is 10.6. The molecule has 0 amide bonds. The zero-order valence-electron chi connectivity index (χ0n) is 13.1. The fourth-order valence-corrected chi connectivity index (χ4v) is 4.81. The zero-order valence-corrected chi connectivity index (χ0v) is 14.1. The van der Waals surface area contributed by atoms with E-state index in [0.29, 0.717) is 25.4 Å². The van der Waals surface area contributed by atoms with Crippen LogP contribution < -0.4 is 0 Å². The molecule has 4 nitrogen and oxygen atoms in total. The molecule has 3 aliphatic rings. The Labute approximate surface area is 122 Å². The van der Waals surface area contributed by atoms with Crippen molar-refractivity contribution < 1.29 is 18.7 Å². The summed E-state index contributed by atoms with van der Waals surface area (Å²) in [6.07, 6.45) is 0.655. The van der Waals surface area contributed by atoms with E-state index in [1.807, 2.05) is 0 Å². The number of hydrogen-bond donors (Lipinski definition) is 0. The van der Waals surface area contributed by atoms with E-state index in [0.717, 1.165) is 0 Å². The van der Waals surface area contributed by atoms with E-state index in [4.69, 9.17) is 13.9 Å². The molecule has 1 heterocycles. The van der Waals surface area contributed by atoms with E-state index in [-0.39, 0.29) is 35.2 Å². The molecule has 1 aliphatic heterocycles. The number of hydrogen-bond acceptors (Lipinski definition) is 4. The van der Waals surface area contributed by atoms with Gasteiger partial charge in [-0.3, -0.25) is 4.79 Å². The van der Waals surface area contributed by atoms with Crippen LogP contribution in [0.2, 0.25) is 18.1 Å². The predicted octanol–water partition coefficient (Wildman–Crippen LogP) is 2.38. The zero-order chi connectivity index (χ0) is 14.7. The van der Waals surface area contributed by atoms with Gasteiger partial charge in [0.25, 0.3) is 0 Å². The Kier molecular flexibility index (Phi) is 3.40. The number of carbonyl (C=O) groups excluding carboxylic acids is 1. The van der Waals surface area contributed by atoms with Gasteiger partial charge in [-0.2, -0.15) is 0 Å². The van der Waals surface area contributed by atoms with Gasteiger partial charge in [-0.1, -0.05) is 20.8 Å². The highest BCUT2D eigenvalue weighted by molar-refractivity contribution is 6.74. The molecule has 3 rings (SSSR count). The maximum Gasteiger partial charge on any atom is 0.192 e. The van der Waals surface area contributed by atoms with Crippen LogP contribution in [0.1, 0.15) is 27.2 Å². The molecule has 4 unspecified atom stereocenters. The number of ether oxygens (including phenoxy) is 2. The van der Waals surface area contributed by atoms with Crippen LogP contribution in [0.4, 0.5) is 0 Å². The van der Waals surface area contributed by atoms with Gasteiger partial charge >= 0.3 is 0 Å². The summed E-state index contributed by atoms with van der Waals surface area (Å²) in [6, 6.07) is 0. The number of carbonyl (C=O) groups is 1. The third kappa shape index (κ3) is 2.10. The van der Waals surface area contributed by atoms with Crippen molar-refractivity contribution in [1.29, 1.82) is 0 Å². The lowest BCUT2D eigenvalue weighted by Gasteiger charge is -2.52. The summed E-state index contributed by atoms with van der Waals surface area (Å²) in [7, 11) is -1.84. The van der Waals surface area contributed by atoms with Gasteiger partial charge in [-0.15, -0.1) is 0 Å². The lowest BCUT2D eigenvalue weighted by Crippen LogP contribution is -2.63. The summed E-state index contributed by atoms with van der Waals surface area (Å²) < 4.78 is 18.0. The average Bonchev–Trinajstić information content (AvgIpc) is 2.54. The molecule has 0 spiro atoms. The second-order valence-corrected chi connectivity index (χ2v) is 12.6. The minimum atomic E-state index is -1.84. The second-order valence-electron chi connectivity index (χ2n) is 7.86. The molecule has 1 saturated heterocycles. The van der Waals surface area contributed by atoms with Crippen molar-refractivity contribution in [1.82, 2.24) is 0 Å². The monoisotopic (exact) mass is 298 g/mol. The van der Waals surface area contributed by atoms with Gasteiger partial charge in [0, 0.05) is 12.3 Å². The summed E-state index contributed by atoms with van der Waals surface area (Å²) in [5, 5.41) is 0.168. The Morgan fingerprint density at radius 1 is 1.15 bits per heavy atom.